The van der Waals surface area contributed by atoms with Gasteiger partial charge in [-0.2, -0.15) is 0 Å². The van der Waals surface area contributed by atoms with Gasteiger partial charge in [-0.05, 0) is 19.1 Å². The van der Waals surface area contributed by atoms with Crippen LogP contribution in [0.3, 0.4) is 0 Å². The summed E-state index contributed by atoms with van der Waals surface area (Å²) >= 11 is 1.53. The van der Waals surface area contributed by atoms with E-state index in [2.05, 4.69) is 9.72 Å². The van der Waals surface area contributed by atoms with Gasteiger partial charge in [0.25, 0.3) is 0 Å². The fourth-order valence-electron chi connectivity index (χ4n) is 0.973. The molecule has 0 aliphatic rings. The molecule has 1 aromatic heterocycles. The molecule has 86 valence electrons. The van der Waals surface area contributed by atoms with E-state index >= 15 is 0 Å². The number of hydrogen-bond donors (Lipinski definition) is 1. The van der Waals surface area contributed by atoms with Crippen molar-refractivity contribution >= 4 is 23.4 Å². The van der Waals surface area contributed by atoms with E-state index in [-0.39, 0.29) is 5.97 Å². The molecule has 0 saturated heterocycles. The third-order valence-electron chi connectivity index (χ3n) is 1.89. The number of aromatic nitrogens is 1. The highest BCUT2D eigenvalue weighted by Crippen LogP contribution is 2.16. The van der Waals surface area contributed by atoms with E-state index in [0.717, 1.165) is 5.03 Å². The number of carbonyl (C=O) groups is 1. The number of pyridine rings is 1. The molecule has 1 aromatic rings. The molecule has 0 spiro atoms. The number of anilines is 1. The fraction of sp³-hybridized carbons (Fsp3) is 0.273. The number of nitrogens with two attached hydrogens (primary N) is 1. The highest BCUT2D eigenvalue weighted by Gasteiger charge is 2.02. The number of methoxy groups -OCH3 is 1. The molecule has 16 heavy (non-hydrogen) atoms. The summed E-state index contributed by atoms with van der Waals surface area (Å²) in [5.41, 5.74) is 6.76. The molecule has 4 nitrogen and oxygen atoms in total. The quantitative estimate of drug-likeness (QED) is 0.493. The summed E-state index contributed by atoms with van der Waals surface area (Å²) in [6, 6.07) is 3.65. The first-order chi connectivity index (χ1) is 7.63. The summed E-state index contributed by atoms with van der Waals surface area (Å²) in [4.78, 5) is 15.2. The molecule has 0 aliphatic heterocycles. The lowest BCUT2D eigenvalue weighted by molar-refractivity contribution is -0.136. The molecule has 5 heteroatoms. The molecule has 0 saturated carbocycles. The van der Waals surface area contributed by atoms with Crippen molar-refractivity contribution in [1.82, 2.24) is 4.98 Å². The second kappa shape index (κ2) is 6.17. The molecular formula is C11H14N2O2S. The van der Waals surface area contributed by atoms with Crippen LogP contribution in [0.25, 0.3) is 0 Å². The van der Waals surface area contributed by atoms with Crippen molar-refractivity contribution in [2.75, 3.05) is 18.6 Å². The van der Waals surface area contributed by atoms with Crippen LogP contribution in [0.2, 0.25) is 0 Å². The van der Waals surface area contributed by atoms with Crippen LogP contribution in [0, 0.1) is 0 Å². The second-order valence-corrected chi connectivity index (χ2v) is 4.16. The van der Waals surface area contributed by atoms with Gasteiger partial charge in [-0.3, -0.25) is 0 Å². The van der Waals surface area contributed by atoms with Gasteiger partial charge in [-0.1, -0.05) is 6.08 Å². The van der Waals surface area contributed by atoms with E-state index in [9.17, 15) is 4.79 Å². The van der Waals surface area contributed by atoms with Gasteiger partial charge in [-0.15, -0.1) is 11.8 Å². The number of nitrogen functional groups attached to an aromatic ring is 1. The lowest BCUT2D eigenvalue weighted by Crippen LogP contribution is -2.01. The first-order valence-electron chi connectivity index (χ1n) is 4.73. The largest absolute Gasteiger partial charge is 0.466 e. The molecule has 0 atom stereocenters. The van der Waals surface area contributed by atoms with Gasteiger partial charge in [-0.25, -0.2) is 9.78 Å². The number of ether oxygens (including phenoxy) is 1. The summed E-state index contributed by atoms with van der Waals surface area (Å²) in [6.45, 7) is 1.73. The summed E-state index contributed by atoms with van der Waals surface area (Å²) in [5, 5.41) is 0.878. The van der Waals surface area contributed by atoms with Gasteiger partial charge < -0.3 is 10.5 Å². The maximum absolute atomic E-state index is 11.1. The molecule has 0 bridgehead atoms. The average Bonchev–Trinajstić information content (AvgIpc) is 2.30. The molecule has 1 heterocycles. The number of hydrogen-bond acceptors (Lipinski definition) is 5. The monoisotopic (exact) mass is 238 g/mol. The minimum atomic E-state index is -0.300. The maximum Gasteiger partial charge on any atom is 0.333 e. The normalized spacial score (nSPS) is 11.2. The summed E-state index contributed by atoms with van der Waals surface area (Å²) < 4.78 is 4.58. The van der Waals surface area contributed by atoms with Crippen molar-refractivity contribution in [2.45, 2.75) is 11.9 Å². The van der Waals surface area contributed by atoms with Crippen molar-refractivity contribution < 1.29 is 9.53 Å². The number of nitrogens with zero attached hydrogens (tertiary/aromatic N) is 1. The number of thioether (sulfide) groups is 1. The predicted octanol–water partition coefficient (Wildman–Crippen LogP) is 1.88. The Morgan fingerprint density at radius 3 is 2.94 bits per heavy atom. The molecule has 1 rings (SSSR count). The number of esters is 1. The van der Waals surface area contributed by atoms with Crippen LogP contribution in [0.1, 0.15) is 6.92 Å². The van der Waals surface area contributed by atoms with Crippen LogP contribution in [-0.2, 0) is 9.53 Å². The Morgan fingerprint density at radius 1 is 1.62 bits per heavy atom. The van der Waals surface area contributed by atoms with Crippen molar-refractivity contribution in [3.05, 3.63) is 30.0 Å². The lowest BCUT2D eigenvalue weighted by atomic mass is 10.3. The van der Waals surface area contributed by atoms with Crippen LogP contribution in [0.5, 0.6) is 0 Å². The second-order valence-electron chi connectivity index (χ2n) is 3.12. The van der Waals surface area contributed by atoms with Gasteiger partial charge >= 0.3 is 5.97 Å². The highest BCUT2D eigenvalue weighted by molar-refractivity contribution is 7.99. The van der Waals surface area contributed by atoms with Crippen LogP contribution in [0.4, 0.5) is 5.69 Å². The van der Waals surface area contributed by atoms with Gasteiger partial charge in [0.05, 0.1) is 24.0 Å². The zero-order valence-electron chi connectivity index (χ0n) is 9.27. The van der Waals surface area contributed by atoms with E-state index in [1.54, 1.807) is 19.2 Å². The molecule has 0 aliphatic carbocycles. The van der Waals surface area contributed by atoms with E-state index in [0.29, 0.717) is 17.0 Å². The fourth-order valence-corrected chi connectivity index (χ4v) is 1.77. The van der Waals surface area contributed by atoms with Gasteiger partial charge in [0.15, 0.2) is 0 Å². The summed E-state index contributed by atoms with van der Waals surface area (Å²) in [6.07, 6.45) is 3.42. The molecule has 0 unspecified atom stereocenters. The Bertz CT molecular complexity index is 387. The molecule has 2 N–H and O–H groups in total. The first-order valence-corrected chi connectivity index (χ1v) is 5.71. The molecule has 0 aromatic carbocycles. The van der Waals surface area contributed by atoms with Gasteiger partial charge in [0.1, 0.15) is 0 Å². The van der Waals surface area contributed by atoms with Crippen molar-refractivity contribution in [3.8, 4) is 0 Å². The topological polar surface area (TPSA) is 65.2 Å². The predicted molar refractivity (Wildman–Crippen MR) is 65.1 cm³/mol. The molecular weight excluding hydrogens is 224 g/mol. The Hall–Kier alpha value is -1.49. The Labute approximate surface area is 98.9 Å². The zero-order chi connectivity index (χ0) is 12.0. The van der Waals surface area contributed by atoms with E-state index in [1.807, 2.05) is 12.1 Å². The van der Waals surface area contributed by atoms with Crippen LogP contribution in [0.15, 0.2) is 35.0 Å². The van der Waals surface area contributed by atoms with Crippen LogP contribution < -0.4 is 5.73 Å². The Balaban J connectivity index is 2.46. The maximum atomic E-state index is 11.1. The van der Waals surface area contributed by atoms with Crippen molar-refractivity contribution in [3.63, 3.8) is 0 Å². The molecule has 0 amide bonds. The van der Waals surface area contributed by atoms with E-state index < -0.39 is 0 Å². The summed E-state index contributed by atoms with van der Waals surface area (Å²) in [5.74, 6) is 0.378. The van der Waals surface area contributed by atoms with E-state index in [1.165, 1.54) is 18.9 Å². The Morgan fingerprint density at radius 2 is 2.38 bits per heavy atom. The van der Waals surface area contributed by atoms with E-state index in [4.69, 9.17) is 5.73 Å². The standard InChI is InChI=1S/C11H14N2O2S/c1-8(11(14)15-2)5-6-16-10-4-3-9(12)7-13-10/h3-5,7H,6,12H2,1-2H3. The van der Waals surface area contributed by atoms with Gasteiger partial charge in [0.2, 0.25) is 0 Å². The highest BCUT2D eigenvalue weighted by atomic mass is 32.2. The number of carbonyl (C=O) groups excluding carboxylic acids is 1. The third kappa shape index (κ3) is 3.94. The third-order valence-corrected chi connectivity index (χ3v) is 2.76. The average molecular weight is 238 g/mol. The SMILES string of the molecule is COC(=O)C(C)=CCSc1ccc(N)cn1. The van der Waals surface area contributed by atoms with Gasteiger partial charge in [0, 0.05) is 11.3 Å². The van der Waals surface area contributed by atoms with Crippen molar-refractivity contribution in [2.24, 2.45) is 0 Å². The Kier molecular flexibility index (Phi) is 4.85. The summed E-state index contributed by atoms with van der Waals surface area (Å²) in [7, 11) is 1.37. The smallest absolute Gasteiger partial charge is 0.333 e. The van der Waals surface area contributed by atoms with Crippen LogP contribution >= 0.6 is 11.8 Å². The minimum Gasteiger partial charge on any atom is -0.466 e. The first kappa shape index (κ1) is 12.6. The molecule has 0 fully saturated rings. The minimum absolute atomic E-state index is 0.300. The van der Waals surface area contributed by atoms with Crippen molar-refractivity contribution in [1.29, 1.82) is 0 Å². The van der Waals surface area contributed by atoms with Crippen LogP contribution in [-0.4, -0.2) is 23.8 Å². The zero-order valence-corrected chi connectivity index (χ0v) is 10.1. The molecule has 0 radical (unpaired) electrons. The lowest BCUT2D eigenvalue weighted by Gasteiger charge is -2.00. The number of rotatable bonds is 4.